The maximum Gasteiger partial charge on any atom is 0.416 e. The van der Waals surface area contributed by atoms with Gasteiger partial charge >= 0.3 is 12.1 Å². The molecule has 0 aliphatic carbocycles. The van der Waals surface area contributed by atoms with E-state index in [0.29, 0.717) is 0 Å². The van der Waals surface area contributed by atoms with Crippen LogP contribution in [0.3, 0.4) is 0 Å². The van der Waals surface area contributed by atoms with Gasteiger partial charge in [-0.15, -0.1) is 0 Å². The quantitative estimate of drug-likeness (QED) is 0.845. The summed E-state index contributed by atoms with van der Waals surface area (Å²) >= 11 is 0. The Hall–Kier alpha value is -2.03. The van der Waals surface area contributed by atoms with Crippen molar-refractivity contribution in [2.75, 3.05) is 0 Å². The minimum Gasteiger partial charge on any atom is -0.481 e. The van der Waals surface area contributed by atoms with Crippen molar-refractivity contribution in [2.24, 2.45) is 0 Å². The molecule has 84 valence electrons. The lowest BCUT2D eigenvalue weighted by atomic mass is 9.98. The second-order valence-electron chi connectivity index (χ2n) is 3.01. The molecule has 16 heavy (non-hydrogen) atoms. The van der Waals surface area contributed by atoms with Crippen LogP contribution in [-0.2, 0) is 17.4 Å². The predicted octanol–water partition coefficient (Wildman–Crippen LogP) is 2.20. The Bertz CT molecular complexity index is 460. The molecule has 1 aromatic rings. The number of hydrogen-bond acceptors (Lipinski definition) is 2. The van der Waals surface area contributed by atoms with Gasteiger partial charge < -0.3 is 5.11 Å². The zero-order valence-corrected chi connectivity index (χ0v) is 7.88. The summed E-state index contributed by atoms with van der Waals surface area (Å²) in [5.41, 5.74) is -1.84. The van der Waals surface area contributed by atoms with Crippen molar-refractivity contribution in [3.63, 3.8) is 0 Å². The van der Waals surface area contributed by atoms with Crippen molar-refractivity contribution in [3.05, 3.63) is 34.9 Å². The number of nitriles is 1. The number of hydrogen-bond donors (Lipinski definition) is 1. The highest BCUT2D eigenvalue weighted by molar-refractivity contribution is 5.72. The first-order chi connectivity index (χ1) is 7.36. The van der Waals surface area contributed by atoms with Crippen LogP contribution in [0.1, 0.15) is 16.7 Å². The highest BCUT2D eigenvalue weighted by atomic mass is 19.4. The van der Waals surface area contributed by atoms with Crippen LogP contribution < -0.4 is 0 Å². The number of halogens is 3. The van der Waals surface area contributed by atoms with E-state index in [9.17, 15) is 18.0 Å². The van der Waals surface area contributed by atoms with Gasteiger partial charge in [0.2, 0.25) is 0 Å². The van der Waals surface area contributed by atoms with Gasteiger partial charge in [-0.1, -0.05) is 6.07 Å². The number of benzene rings is 1. The standard InChI is InChI=1S/C10H6F3NO2/c11-10(12,13)8-3-1-2-6(5-14)7(8)4-9(15)16/h1-3H,4H2,(H,15,16). The summed E-state index contributed by atoms with van der Waals surface area (Å²) in [6.07, 6.45) is -5.48. The first-order valence-electron chi connectivity index (χ1n) is 4.17. The zero-order valence-electron chi connectivity index (χ0n) is 7.88. The lowest BCUT2D eigenvalue weighted by Crippen LogP contribution is -2.13. The summed E-state index contributed by atoms with van der Waals surface area (Å²) in [5, 5.41) is 17.1. The smallest absolute Gasteiger partial charge is 0.416 e. The average Bonchev–Trinajstić information content (AvgIpc) is 2.15. The number of aliphatic carboxylic acids is 1. The fraction of sp³-hybridized carbons (Fsp3) is 0.200. The first kappa shape index (κ1) is 12.0. The van der Waals surface area contributed by atoms with Gasteiger partial charge in [0, 0.05) is 0 Å². The molecule has 0 atom stereocenters. The monoisotopic (exact) mass is 229 g/mol. The van der Waals surface area contributed by atoms with Gasteiger partial charge in [-0.3, -0.25) is 4.79 Å². The Morgan fingerprint density at radius 1 is 1.44 bits per heavy atom. The van der Waals surface area contributed by atoms with E-state index >= 15 is 0 Å². The number of alkyl halides is 3. The Morgan fingerprint density at radius 3 is 2.50 bits per heavy atom. The molecule has 0 saturated carbocycles. The van der Waals surface area contributed by atoms with Gasteiger partial charge in [-0.2, -0.15) is 18.4 Å². The summed E-state index contributed by atoms with van der Waals surface area (Å²) in [5.74, 6) is -1.41. The third kappa shape index (κ3) is 2.51. The third-order valence-electron chi connectivity index (χ3n) is 1.93. The van der Waals surface area contributed by atoms with Crippen LogP contribution in [0, 0.1) is 11.3 Å². The van der Waals surface area contributed by atoms with Crippen LogP contribution in [-0.4, -0.2) is 11.1 Å². The molecule has 0 spiro atoms. The van der Waals surface area contributed by atoms with Crippen LogP contribution in [0.25, 0.3) is 0 Å². The van der Waals surface area contributed by atoms with Crippen molar-refractivity contribution >= 4 is 5.97 Å². The minimum absolute atomic E-state index is 0.266. The fourth-order valence-corrected chi connectivity index (χ4v) is 1.30. The second-order valence-corrected chi connectivity index (χ2v) is 3.01. The number of rotatable bonds is 2. The number of carboxylic acids is 1. The van der Waals surface area contributed by atoms with E-state index in [0.717, 1.165) is 18.2 Å². The van der Waals surface area contributed by atoms with Gasteiger partial charge in [0.1, 0.15) is 0 Å². The SMILES string of the molecule is N#Cc1cccc(C(F)(F)F)c1CC(=O)O. The van der Waals surface area contributed by atoms with Crippen molar-refractivity contribution < 1.29 is 23.1 Å². The molecule has 1 aromatic carbocycles. The molecule has 1 rings (SSSR count). The van der Waals surface area contributed by atoms with Crippen LogP contribution >= 0.6 is 0 Å². The zero-order chi connectivity index (χ0) is 12.3. The lowest BCUT2D eigenvalue weighted by Gasteiger charge is -2.12. The molecule has 6 heteroatoms. The summed E-state index contributed by atoms with van der Waals surface area (Å²) < 4.78 is 37.5. The minimum atomic E-state index is -4.66. The van der Waals surface area contributed by atoms with E-state index in [-0.39, 0.29) is 5.56 Å². The molecule has 0 amide bonds. The van der Waals surface area contributed by atoms with Crippen LogP contribution in [0.4, 0.5) is 13.2 Å². The molecule has 0 radical (unpaired) electrons. The summed E-state index contributed by atoms with van der Waals surface area (Å²) in [6.45, 7) is 0. The topological polar surface area (TPSA) is 61.1 Å². The van der Waals surface area contributed by atoms with E-state index in [1.165, 1.54) is 0 Å². The van der Waals surface area contributed by atoms with Gasteiger partial charge in [0.15, 0.2) is 0 Å². The molecule has 0 bridgehead atoms. The van der Waals surface area contributed by atoms with E-state index in [1.54, 1.807) is 6.07 Å². The molecular weight excluding hydrogens is 223 g/mol. The molecule has 0 aliphatic heterocycles. The lowest BCUT2D eigenvalue weighted by molar-refractivity contribution is -0.139. The fourth-order valence-electron chi connectivity index (χ4n) is 1.30. The van der Waals surface area contributed by atoms with Gasteiger partial charge in [0.25, 0.3) is 0 Å². The molecule has 0 fully saturated rings. The summed E-state index contributed by atoms with van der Waals surface area (Å²) in [4.78, 5) is 10.4. The summed E-state index contributed by atoms with van der Waals surface area (Å²) in [6, 6.07) is 4.55. The molecule has 3 nitrogen and oxygen atoms in total. The molecule has 0 saturated heterocycles. The molecule has 0 unspecified atom stereocenters. The van der Waals surface area contributed by atoms with Gasteiger partial charge in [0.05, 0.1) is 23.6 Å². The molecule has 1 N–H and O–H groups in total. The summed E-state index contributed by atoms with van der Waals surface area (Å²) in [7, 11) is 0. The van der Waals surface area contributed by atoms with Crippen LogP contribution in [0.2, 0.25) is 0 Å². The molecule has 0 heterocycles. The maximum absolute atomic E-state index is 12.5. The van der Waals surface area contributed by atoms with Crippen LogP contribution in [0.15, 0.2) is 18.2 Å². The van der Waals surface area contributed by atoms with E-state index in [2.05, 4.69) is 0 Å². The first-order valence-corrected chi connectivity index (χ1v) is 4.17. The van der Waals surface area contributed by atoms with Crippen molar-refractivity contribution in [3.8, 4) is 6.07 Å². The average molecular weight is 229 g/mol. The Labute approximate surface area is 88.7 Å². The largest absolute Gasteiger partial charge is 0.481 e. The molecular formula is C10H6F3NO2. The third-order valence-corrected chi connectivity index (χ3v) is 1.93. The highest BCUT2D eigenvalue weighted by Gasteiger charge is 2.34. The van der Waals surface area contributed by atoms with E-state index in [4.69, 9.17) is 10.4 Å². The van der Waals surface area contributed by atoms with Crippen molar-refractivity contribution in [1.29, 1.82) is 5.26 Å². The predicted molar refractivity (Wildman–Crippen MR) is 47.5 cm³/mol. The normalized spacial score (nSPS) is 10.9. The highest BCUT2D eigenvalue weighted by Crippen LogP contribution is 2.33. The number of carbonyl (C=O) groups is 1. The van der Waals surface area contributed by atoms with Crippen molar-refractivity contribution in [1.82, 2.24) is 0 Å². The Balaban J connectivity index is 3.39. The molecule has 0 aliphatic rings. The number of carboxylic acid groups (broad SMARTS) is 1. The Morgan fingerprint density at radius 2 is 2.06 bits per heavy atom. The number of nitrogens with zero attached hydrogens (tertiary/aromatic N) is 1. The van der Waals surface area contributed by atoms with Crippen molar-refractivity contribution in [2.45, 2.75) is 12.6 Å². The van der Waals surface area contributed by atoms with Gasteiger partial charge in [-0.25, -0.2) is 0 Å². The molecule has 0 aromatic heterocycles. The second kappa shape index (κ2) is 4.23. The maximum atomic E-state index is 12.5. The van der Waals surface area contributed by atoms with Gasteiger partial charge in [-0.05, 0) is 17.7 Å². The van der Waals surface area contributed by atoms with Crippen LogP contribution in [0.5, 0.6) is 0 Å². The Kier molecular flexibility index (Phi) is 3.18. The van der Waals surface area contributed by atoms with E-state index in [1.807, 2.05) is 0 Å². The van der Waals surface area contributed by atoms with E-state index < -0.39 is 29.7 Å².